The molecule has 0 saturated carbocycles. The Kier molecular flexibility index (Phi) is 4.47. The van der Waals surface area contributed by atoms with Gasteiger partial charge >= 0.3 is 0 Å². The Morgan fingerprint density at radius 3 is 2.81 bits per heavy atom. The third-order valence-electron chi connectivity index (χ3n) is 4.86. The zero-order valence-corrected chi connectivity index (χ0v) is 16.3. The number of amides is 1. The van der Waals surface area contributed by atoms with Crippen molar-refractivity contribution in [2.75, 3.05) is 12.4 Å². The van der Waals surface area contributed by atoms with Crippen LogP contribution in [0.4, 0.5) is 10.1 Å². The molecule has 1 aromatic carbocycles. The standard InChI is InChI=1S/C22H15FN6O2/c1-31-22-17-4-12(2-3-19(17)27-11-28-22)18-10-26-20-16(18)5-13(7-25-20)21(30)29-15-6-14(23)8-24-9-15/h2-11H,1H3,(H,25,26)(H,29,30). The SMILES string of the molecule is COc1ncnc2ccc(-c3c[nH]c4ncc(C(=O)Nc5cncc(F)c5)cc34)cc12. The van der Waals surface area contributed by atoms with Crippen LogP contribution in [0.1, 0.15) is 10.4 Å². The molecule has 0 bridgehead atoms. The molecule has 0 aliphatic carbocycles. The summed E-state index contributed by atoms with van der Waals surface area (Å²) in [6.07, 6.45) is 7.18. The maximum atomic E-state index is 13.3. The zero-order valence-electron chi connectivity index (χ0n) is 16.3. The maximum Gasteiger partial charge on any atom is 0.257 e. The molecule has 4 aromatic heterocycles. The van der Waals surface area contributed by atoms with E-state index in [2.05, 4.69) is 30.2 Å². The van der Waals surface area contributed by atoms with Crippen molar-refractivity contribution in [3.63, 3.8) is 0 Å². The number of anilines is 1. The van der Waals surface area contributed by atoms with Crippen LogP contribution in [-0.2, 0) is 0 Å². The van der Waals surface area contributed by atoms with Gasteiger partial charge in [0.15, 0.2) is 0 Å². The molecule has 5 rings (SSSR count). The summed E-state index contributed by atoms with van der Waals surface area (Å²) in [6.45, 7) is 0. The van der Waals surface area contributed by atoms with Crippen molar-refractivity contribution in [2.24, 2.45) is 0 Å². The Morgan fingerprint density at radius 2 is 1.97 bits per heavy atom. The Labute approximate surface area is 175 Å². The van der Waals surface area contributed by atoms with Crippen LogP contribution < -0.4 is 10.1 Å². The first-order valence-corrected chi connectivity index (χ1v) is 9.30. The smallest absolute Gasteiger partial charge is 0.257 e. The number of rotatable bonds is 4. The average Bonchev–Trinajstić information content (AvgIpc) is 3.21. The van der Waals surface area contributed by atoms with Crippen LogP contribution >= 0.6 is 0 Å². The van der Waals surface area contributed by atoms with E-state index in [-0.39, 0.29) is 5.69 Å². The third-order valence-corrected chi connectivity index (χ3v) is 4.86. The lowest BCUT2D eigenvalue weighted by Gasteiger charge is -2.07. The van der Waals surface area contributed by atoms with Crippen molar-refractivity contribution in [3.05, 3.63) is 72.8 Å². The maximum absolute atomic E-state index is 13.3. The molecule has 31 heavy (non-hydrogen) atoms. The topological polar surface area (TPSA) is 106 Å². The monoisotopic (exact) mass is 414 g/mol. The molecule has 5 aromatic rings. The quantitative estimate of drug-likeness (QED) is 0.461. The highest BCUT2D eigenvalue weighted by Crippen LogP contribution is 2.32. The van der Waals surface area contributed by atoms with Gasteiger partial charge in [-0.3, -0.25) is 9.78 Å². The Hall–Kier alpha value is -4.40. The number of carbonyl (C=O) groups excluding carboxylic acids is 1. The summed E-state index contributed by atoms with van der Waals surface area (Å²) in [6, 6.07) is 8.68. The van der Waals surface area contributed by atoms with E-state index in [0.29, 0.717) is 17.1 Å². The van der Waals surface area contributed by atoms with Gasteiger partial charge in [-0.2, -0.15) is 0 Å². The largest absolute Gasteiger partial charge is 0.480 e. The lowest BCUT2D eigenvalue weighted by atomic mass is 10.0. The van der Waals surface area contributed by atoms with Crippen molar-refractivity contribution in [1.82, 2.24) is 24.9 Å². The molecule has 0 fully saturated rings. The normalized spacial score (nSPS) is 11.0. The van der Waals surface area contributed by atoms with Crippen LogP contribution in [0.5, 0.6) is 5.88 Å². The highest BCUT2D eigenvalue weighted by Gasteiger charge is 2.14. The van der Waals surface area contributed by atoms with Gasteiger partial charge in [-0.1, -0.05) is 6.07 Å². The number of hydrogen-bond acceptors (Lipinski definition) is 6. The molecule has 0 radical (unpaired) electrons. The lowest BCUT2D eigenvalue weighted by molar-refractivity contribution is 0.102. The number of H-pyrrole nitrogens is 1. The van der Waals surface area contributed by atoms with Gasteiger partial charge in [-0.15, -0.1) is 0 Å². The molecule has 1 amide bonds. The molecule has 0 saturated heterocycles. The summed E-state index contributed by atoms with van der Waals surface area (Å²) >= 11 is 0. The van der Waals surface area contributed by atoms with E-state index in [0.717, 1.165) is 33.6 Å². The molecule has 9 heteroatoms. The van der Waals surface area contributed by atoms with Crippen LogP contribution in [0.25, 0.3) is 33.1 Å². The number of ether oxygens (including phenoxy) is 1. The summed E-state index contributed by atoms with van der Waals surface area (Å²) in [5.41, 5.74) is 3.74. The molecule has 0 aliphatic rings. The predicted molar refractivity (Wildman–Crippen MR) is 113 cm³/mol. The van der Waals surface area contributed by atoms with Crippen molar-refractivity contribution in [2.45, 2.75) is 0 Å². The summed E-state index contributed by atoms with van der Waals surface area (Å²) in [5, 5.41) is 4.17. The van der Waals surface area contributed by atoms with E-state index in [4.69, 9.17) is 4.74 Å². The molecular formula is C22H15FN6O2. The van der Waals surface area contributed by atoms with Crippen LogP contribution in [0.2, 0.25) is 0 Å². The van der Waals surface area contributed by atoms with Crippen molar-refractivity contribution < 1.29 is 13.9 Å². The Morgan fingerprint density at radius 1 is 1.06 bits per heavy atom. The first kappa shape index (κ1) is 18.6. The predicted octanol–water partition coefficient (Wildman–Crippen LogP) is 3.97. The molecule has 0 atom stereocenters. The number of fused-ring (bicyclic) bond motifs is 2. The molecule has 4 heterocycles. The van der Waals surface area contributed by atoms with E-state index in [1.165, 1.54) is 24.8 Å². The van der Waals surface area contributed by atoms with Gasteiger partial charge in [0, 0.05) is 29.4 Å². The van der Waals surface area contributed by atoms with Gasteiger partial charge in [0.25, 0.3) is 5.91 Å². The van der Waals surface area contributed by atoms with Gasteiger partial charge in [0.05, 0.1) is 41.7 Å². The number of hydrogen-bond donors (Lipinski definition) is 2. The first-order chi connectivity index (χ1) is 15.1. The van der Waals surface area contributed by atoms with Crippen molar-refractivity contribution >= 4 is 33.5 Å². The highest BCUT2D eigenvalue weighted by molar-refractivity contribution is 6.07. The number of benzene rings is 1. The molecule has 2 N–H and O–H groups in total. The summed E-state index contributed by atoms with van der Waals surface area (Å²) in [5.74, 6) is -0.467. The minimum atomic E-state index is -0.532. The van der Waals surface area contributed by atoms with Crippen molar-refractivity contribution in [1.29, 1.82) is 0 Å². The summed E-state index contributed by atoms with van der Waals surface area (Å²) < 4.78 is 18.7. The van der Waals surface area contributed by atoms with Gasteiger partial charge in [0.2, 0.25) is 5.88 Å². The second-order valence-corrected chi connectivity index (χ2v) is 6.78. The molecule has 152 valence electrons. The van der Waals surface area contributed by atoms with E-state index < -0.39 is 11.7 Å². The number of carbonyl (C=O) groups is 1. The number of halogens is 1. The number of nitrogens with zero attached hydrogens (tertiary/aromatic N) is 4. The zero-order chi connectivity index (χ0) is 21.4. The van der Waals surface area contributed by atoms with Gasteiger partial charge in [0.1, 0.15) is 17.8 Å². The Balaban J connectivity index is 1.55. The number of nitrogens with one attached hydrogen (secondary N) is 2. The average molecular weight is 414 g/mol. The lowest BCUT2D eigenvalue weighted by Crippen LogP contribution is -2.12. The van der Waals surface area contributed by atoms with E-state index in [9.17, 15) is 9.18 Å². The van der Waals surface area contributed by atoms with Gasteiger partial charge in [-0.25, -0.2) is 19.3 Å². The number of aromatic nitrogens is 5. The summed E-state index contributed by atoms with van der Waals surface area (Å²) in [4.78, 5) is 32.3. The van der Waals surface area contributed by atoms with Crippen LogP contribution in [0.15, 0.2) is 61.4 Å². The molecule has 0 aliphatic heterocycles. The van der Waals surface area contributed by atoms with E-state index in [1.54, 1.807) is 13.2 Å². The fourth-order valence-electron chi connectivity index (χ4n) is 3.41. The Bertz CT molecular complexity index is 1450. The second-order valence-electron chi connectivity index (χ2n) is 6.78. The third kappa shape index (κ3) is 3.42. The van der Waals surface area contributed by atoms with Crippen molar-refractivity contribution in [3.8, 4) is 17.0 Å². The number of aromatic amines is 1. The van der Waals surface area contributed by atoms with Gasteiger partial charge < -0.3 is 15.0 Å². The van der Waals surface area contributed by atoms with Crippen LogP contribution in [0, 0.1) is 5.82 Å². The highest BCUT2D eigenvalue weighted by atomic mass is 19.1. The minimum Gasteiger partial charge on any atom is -0.480 e. The molecular weight excluding hydrogens is 399 g/mol. The first-order valence-electron chi connectivity index (χ1n) is 9.30. The van der Waals surface area contributed by atoms with Gasteiger partial charge in [-0.05, 0) is 23.8 Å². The van der Waals surface area contributed by atoms with Crippen LogP contribution in [-0.4, -0.2) is 37.9 Å². The fourth-order valence-corrected chi connectivity index (χ4v) is 3.41. The second kappa shape index (κ2) is 7.45. The molecule has 0 unspecified atom stereocenters. The number of pyridine rings is 2. The number of methoxy groups -OCH3 is 1. The summed E-state index contributed by atoms with van der Waals surface area (Å²) in [7, 11) is 1.56. The molecule has 0 spiro atoms. The van der Waals surface area contributed by atoms with E-state index >= 15 is 0 Å². The van der Waals surface area contributed by atoms with E-state index in [1.807, 2.05) is 24.4 Å². The van der Waals surface area contributed by atoms with Crippen LogP contribution in [0.3, 0.4) is 0 Å². The molecule has 8 nitrogen and oxygen atoms in total. The minimum absolute atomic E-state index is 0.265. The fraction of sp³-hybridized carbons (Fsp3) is 0.0455.